The van der Waals surface area contributed by atoms with Crippen molar-refractivity contribution in [3.63, 3.8) is 0 Å². The zero-order valence-corrected chi connectivity index (χ0v) is 10.2. The zero-order valence-electron chi connectivity index (χ0n) is 10.2. The second-order valence-electron chi connectivity index (χ2n) is 4.08. The highest BCUT2D eigenvalue weighted by Gasteiger charge is 2.16. The molecule has 0 saturated heterocycles. The summed E-state index contributed by atoms with van der Waals surface area (Å²) in [5.41, 5.74) is 0. The molecule has 1 unspecified atom stereocenters. The largest absolute Gasteiger partial charge is 0.473 e. The zero-order chi connectivity index (χ0) is 12.4. The summed E-state index contributed by atoms with van der Waals surface area (Å²) >= 11 is 0. The third-order valence-electron chi connectivity index (χ3n) is 2.45. The first-order valence-electron chi connectivity index (χ1n) is 6.01. The summed E-state index contributed by atoms with van der Waals surface area (Å²) in [6.07, 6.45) is 7.50. The molecule has 4 nitrogen and oxygen atoms in total. The Labute approximate surface area is 97.0 Å². The highest BCUT2D eigenvalue weighted by molar-refractivity contribution is 6.28. The lowest BCUT2D eigenvalue weighted by molar-refractivity contribution is -0.167. The number of carboxylic acid groups (broad SMARTS) is 1. The van der Waals surface area contributed by atoms with E-state index in [1.54, 1.807) is 6.92 Å². The molecule has 0 heterocycles. The lowest BCUT2D eigenvalue weighted by Crippen LogP contribution is -2.22. The van der Waals surface area contributed by atoms with Crippen molar-refractivity contribution in [2.45, 2.75) is 64.9 Å². The van der Waals surface area contributed by atoms with Gasteiger partial charge in [-0.1, -0.05) is 39.0 Å². The SMILES string of the molecule is CCCCCCCCC(C)OC(=O)C(=O)O. The highest BCUT2D eigenvalue weighted by atomic mass is 16.6. The van der Waals surface area contributed by atoms with Crippen LogP contribution in [0.3, 0.4) is 0 Å². The molecule has 0 saturated carbocycles. The van der Waals surface area contributed by atoms with E-state index in [-0.39, 0.29) is 6.10 Å². The minimum absolute atomic E-state index is 0.297. The maximum atomic E-state index is 10.7. The minimum atomic E-state index is -1.52. The van der Waals surface area contributed by atoms with Crippen LogP contribution in [0.4, 0.5) is 0 Å². The maximum Gasteiger partial charge on any atom is 0.417 e. The van der Waals surface area contributed by atoms with Crippen LogP contribution in [0.5, 0.6) is 0 Å². The Balaban J connectivity index is 3.40. The first-order chi connectivity index (χ1) is 7.57. The van der Waals surface area contributed by atoms with Crippen molar-refractivity contribution >= 4 is 11.9 Å². The van der Waals surface area contributed by atoms with Crippen LogP contribution in [-0.4, -0.2) is 23.1 Å². The van der Waals surface area contributed by atoms with E-state index in [1.165, 1.54) is 25.7 Å². The van der Waals surface area contributed by atoms with Crippen LogP contribution in [-0.2, 0) is 14.3 Å². The van der Waals surface area contributed by atoms with Gasteiger partial charge in [-0.05, 0) is 19.8 Å². The summed E-state index contributed by atoms with van der Waals surface area (Å²) in [6, 6.07) is 0. The number of esters is 1. The van der Waals surface area contributed by atoms with E-state index in [4.69, 9.17) is 9.84 Å². The molecule has 4 heteroatoms. The van der Waals surface area contributed by atoms with Gasteiger partial charge in [0.15, 0.2) is 0 Å². The van der Waals surface area contributed by atoms with Gasteiger partial charge < -0.3 is 9.84 Å². The fourth-order valence-electron chi connectivity index (χ4n) is 1.50. The van der Waals surface area contributed by atoms with Gasteiger partial charge in [-0.2, -0.15) is 0 Å². The van der Waals surface area contributed by atoms with Crippen LogP contribution in [0, 0.1) is 0 Å². The van der Waals surface area contributed by atoms with Gasteiger partial charge >= 0.3 is 11.9 Å². The monoisotopic (exact) mass is 230 g/mol. The van der Waals surface area contributed by atoms with Crippen LogP contribution < -0.4 is 0 Å². The molecule has 1 N–H and O–H groups in total. The van der Waals surface area contributed by atoms with Crippen molar-refractivity contribution in [3.05, 3.63) is 0 Å². The third-order valence-corrected chi connectivity index (χ3v) is 2.45. The first-order valence-corrected chi connectivity index (χ1v) is 6.01. The predicted octanol–water partition coefficient (Wildman–Crippen LogP) is 2.75. The molecule has 94 valence electrons. The molecule has 0 fully saturated rings. The Morgan fingerprint density at radius 2 is 1.69 bits per heavy atom. The van der Waals surface area contributed by atoms with Crippen LogP contribution >= 0.6 is 0 Å². The fraction of sp³-hybridized carbons (Fsp3) is 0.833. The standard InChI is InChI=1S/C12H22O4/c1-3-4-5-6-7-8-9-10(2)16-12(15)11(13)14/h10H,3-9H2,1-2H3,(H,13,14). The van der Waals surface area contributed by atoms with Crippen molar-refractivity contribution in [3.8, 4) is 0 Å². The van der Waals surface area contributed by atoms with Crippen LogP contribution in [0.2, 0.25) is 0 Å². The van der Waals surface area contributed by atoms with E-state index in [9.17, 15) is 9.59 Å². The van der Waals surface area contributed by atoms with Crippen molar-refractivity contribution in [2.75, 3.05) is 0 Å². The maximum absolute atomic E-state index is 10.7. The summed E-state index contributed by atoms with van der Waals surface area (Å²) in [7, 11) is 0. The Kier molecular flexibility index (Phi) is 8.58. The molecule has 16 heavy (non-hydrogen) atoms. The Morgan fingerprint density at radius 1 is 1.12 bits per heavy atom. The van der Waals surface area contributed by atoms with Gasteiger partial charge in [0, 0.05) is 0 Å². The number of hydrogen-bond donors (Lipinski definition) is 1. The van der Waals surface area contributed by atoms with Gasteiger partial charge in [-0.15, -0.1) is 0 Å². The molecule has 0 spiro atoms. The quantitative estimate of drug-likeness (QED) is 0.395. The first kappa shape index (κ1) is 14.9. The smallest absolute Gasteiger partial charge is 0.417 e. The van der Waals surface area contributed by atoms with Crippen molar-refractivity contribution in [2.24, 2.45) is 0 Å². The minimum Gasteiger partial charge on any atom is -0.473 e. The summed E-state index contributed by atoms with van der Waals surface area (Å²) in [4.78, 5) is 20.9. The number of ether oxygens (including phenoxy) is 1. The Hall–Kier alpha value is -1.06. The molecule has 0 aromatic rings. The number of carboxylic acids is 1. The molecular formula is C12H22O4. The van der Waals surface area contributed by atoms with Crippen LogP contribution in [0.1, 0.15) is 58.8 Å². The van der Waals surface area contributed by atoms with Crippen molar-refractivity contribution in [1.82, 2.24) is 0 Å². The Morgan fingerprint density at radius 3 is 2.25 bits per heavy atom. The van der Waals surface area contributed by atoms with Gasteiger partial charge in [-0.3, -0.25) is 0 Å². The summed E-state index contributed by atoms with van der Waals surface area (Å²) < 4.78 is 4.70. The number of rotatable bonds is 8. The van der Waals surface area contributed by atoms with Crippen LogP contribution in [0.25, 0.3) is 0 Å². The van der Waals surface area contributed by atoms with E-state index in [1.807, 2.05) is 0 Å². The lowest BCUT2D eigenvalue weighted by atomic mass is 10.1. The number of carbonyl (C=O) groups excluding carboxylic acids is 1. The van der Waals surface area contributed by atoms with Gasteiger partial charge in [0.25, 0.3) is 0 Å². The lowest BCUT2D eigenvalue weighted by Gasteiger charge is -2.10. The molecule has 0 bridgehead atoms. The van der Waals surface area contributed by atoms with Crippen molar-refractivity contribution in [1.29, 1.82) is 0 Å². The van der Waals surface area contributed by atoms with E-state index in [0.29, 0.717) is 0 Å². The normalized spacial score (nSPS) is 12.1. The number of carbonyl (C=O) groups is 2. The second kappa shape index (κ2) is 9.19. The van der Waals surface area contributed by atoms with E-state index < -0.39 is 11.9 Å². The average Bonchev–Trinajstić information content (AvgIpc) is 2.23. The van der Waals surface area contributed by atoms with E-state index in [0.717, 1.165) is 19.3 Å². The number of aliphatic carboxylic acids is 1. The van der Waals surface area contributed by atoms with Gasteiger partial charge in [0.2, 0.25) is 0 Å². The van der Waals surface area contributed by atoms with Gasteiger partial charge in [-0.25, -0.2) is 9.59 Å². The van der Waals surface area contributed by atoms with Gasteiger partial charge in [0.1, 0.15) is 0 Å². The molecule has 0 aliphatic carbocycles. The summed E-state index contributed by atoms with van der Waals surface area (Å²) in [5.74, 6) is -2.67. The average molecular weight is 230 g/mol. The van der Waals surface area contributed by atoms with Crippen LogP contribution in [0.15, 0.2) is 0 Å². The molecule has 0 aliphatic rings. The number of hydrogen-bond acceptors (Lipinski definition) is 3. The molecule has 0 aliphatic heterocycles. The highest BCUT2D eigenvalue weighted by Crippen LogP contribution is 2.10. The molecule has 0 amide bonds. The third kappa shape index (κ3) is 8.26. The second-order valence-corrected chi connectivity index (χ2v) is 4.08. The van der Waals surface area contributed by atoms with Crippen molar-refractivity contribution < 1.29 is 19.4 Å². The number of unbranched alkanes of at least 4 members (excludes halogenated alkanes) is 5. The molecule has 0 aromatic carbocycles. The van der Waals surface area contributed by atoms with E-state index in [2.05, 4.69) is 6.92 Å². The summed E-state index contributed by atoms with van der Waals surface area (Å²) in [5, 5.41) is 8.33. The predicted molar refractivity (Wildman–Crippen MR) is 61.2 cm³/mol. The molecular weight excluding hydrogens is 208 g/mol. The topological polar surface area (TPSA) is 63.6 Å². The molecule has 0 rings (SSSR count). The fourth-order valence-corrected chi connectivity index (χ4v) is 1.50. The van der Waals surface area contributed by atoms with Gasteiger partial charge in [0.05, 0.1) is 6.10 Å². The molecule has 0 radical (unpaired) electrons. The van der Waals surface area contributed by atoms with E-state index >= 15 is 0 Å². The Bertz CT molecular complexity index is 213. The summed E-state index contributed by atoms with van der Waals surface area (Å²) in [6.45, 7) is 3.90. The molecule has 0 aromatic heterocycles. The molecule has 1 atom stereocenters.